The third-order valence-electron chi connectivity index (χ3n) is 11.3. The molecule has 0 N–H and O–H groups in total. The van der Waals surface area contributed by atoms with Crippen LogP contribution in [0.15, 0.2) is 84.9 Å². The van der Waals surface area contributed by atoms with Crippen molar-refractivity contribution in [2.24, 2.45) is 0 Å². The first-order chi connectivity index (χ1) is 25.7. The first-order valence-corrected chi connectivity index (χ1v) is 24.9. The first-order valence-electron chi connectivity index (χ1n) is 20.7. The van der Waals surface area contributed by atoms with E-state index >= 15 is 0 Å². The van der Waals surface area contributed by atoms with Gasteiger partial charge in [-0.15, -0.1) is 56.9 Å². The van der Waals surface area contributed by atoms with Crippen molar-refractivity contribution < 1.29 is 23.3 Å². The topological polar surface area (TPSA) is 0 Å². The molecule has 0 heterocycles. The van der Waals surface area contributed by atoms with Gasteiger partial charge in [-0.3, -0.25) is 0 Å². The fourth-order valence-electron chi connectivity index (χ4n) is 7.43. The van der Waals surface area contributed by atoms with Crippen molar-refractivity contribution in [2.45, 2.75) is 158 Å². The van der Waals surface area contributed by atoms with Gasteiger partial charge in [0.25, 0.3) is 0 Å². The van der Waals surface area contributed by atoms with Crippen LogP contribution in [0.1, 0.15) is 167 Å². The standard InChI is InChI=1S/2C27H35.2CH3.Si.Zr/c2*1-17(2)19-12-20-10-18(3)11-24(20)25(15-19)21-13-22(26(4,5)6)16-23(14-21)27(7,8)9;;;;/h2*10-17H,1-9H3;2*1H3;;/q4*-1;;. The summed E-state index contributed by atoms with van der Waals surface area (Å²) in [5, 5.41) is 5.49. The van der Waals surface area contributed by atoms with E-state index in [1.807, 2.05) is 0 Å². The summed E-state index contributed by atoms with van der Waals surface area (Å²) in [5.74, 6) is 1.05. The van der Waals surface area contributed by atoms with E-state index in [0.29, 0.717) is 11.8 Å². The van der Waals surface area contributed by atoms with Crippen LogP contribution in [-0.4, -0.2) is 6.88 Å². The van der Waals surface area contributed by atoms with Crippen LogP contribution in [0.2, 0.25) is 0 Å². The van der Waals surface area contributed by atoms with Crippen molar-refractivity contribution in [1.29, 1.82) is 0 Å². The Hall–Kier alpha value is -2.80. The van der Waals surface area contributed by atoms with Crippen LogP contribution in [0.4, 0.5) is 0 Å². The van der Waals surface area contributed by atoms with Crippen LogP contribution in [-0.2, 0) is 45.0 Å². The summed E-state index contributed by atoms with van der Waals surface area (Å²) in [6, 6.07) is 33.4. The van der Waals surface area contributed by atoms with Crippen molar-refractivity contribution in [1.82, 2.24) is 0 Å². The van der Waals surface area contributed by atoms with E-state index in [9.17, 15) is 0 Å². The Morgan fingerprint density at radius 3 is 0.897 bits per heavy atom. The zero-order chi connectivity index (χ0) is 42.3. The zero-order valence-corrected chi connectivity index (χ0v) is 43.7. The van der Waals surface area contributed by atoms with E-state index in [1.54, 1.807) is 0 Å². The minimum atomic E-state index is 0. The van der Waals surface area contributed by atoms with Gasteiger partial charge in [0.2, 0.25) is 0 Å². The van der Waals surface area contributed by atoms with Crippen molar-refractivity contribution in [3.63, 3.8) is 0 Å². The van der Waals surface area contributed by atoms with Gasteiger partial charge in [-0.25, -0.2) is 0 Å². The molecule has 0 unspecified atom stereocenters. The summed E-state index contributed by atoms with van der Waals surface area (Å²) in [6.07, 6.45) is 0. The molecule has 0 aromatic heterocycles. The van der Waals surface area contributed by atoms with Crippen molar-refractivity contribution in [3.05, 3.63) is 144 Å². The van der Waals surface area contributed by atoms with E-state index in [0.717, 1.165) is 0 Å². The number of hydrogen-bond acceptors (Lipinski definition) is 0. The molecule has 0 saturated heterocycles. The molecule has 0 atom stereocenters. The molecule has 0 aliphatic heterocycles. The van der Waals surface area contributed by atoms with Crippen LogP contribution in [0.25, 0.3) is 43.8 Å². The zero-order valence-electron chi connectivity index (χ0n) is 40.2. The molecule has 6 rings (SSSR count). The summed E-state index contributed by atoms with van der Waals surface area (Å²) in [7, 11) is 0. The van der Waals surface area contributed by atoms with Gasteiger partial charge >= 0.3 is 30.2 Å². The van der Waals surface area contributed by atoms with Gasteiger partial charge in [-0.1, -0.05) is 195 Å². The number of aryl methyl sites for hydroxylation is 2. The Kier molecular flexibility index (Phi) is 17.1. The van der Waals surface area contributed by atoms with Crippen LogP contribution in [0.5, 0.6) is 0 Å². The van der Waals surface area contributed by atoms with E-state index < -0.39 is 0 Å². The van der Waals surface area contributed by atoms with E-state index in [4.69, 9.17) is 0 Å². The third-order valence-corrected chi connectivity index (χ3v) is 11.3. The number of rotatable bonds is 4. The van der Waals surface area contributed by atoms with E-state index in [1.165, 1.54) is 112 Å². The molecule has 0 aliphatic carbocycles. The summed E-state index contributed by atoms with van der Waals surface area (Å²) < 4.78 is 0. The van der Waals surface area contributed by atoms with Crippen LogP contribution in [0, 0.1) is 28.7 Å². The Bertz CT molecular complexity index is 2060. The second-order valence-electron chi connectivity index (χ2n) is 21.1. The molecule has 0 saturated carbocycles. The Labute approximate surface area is 374 Å². The molecule has 58 heavy (non-hydrogen) atoms. The van der Waals surface area contributed by atoms with Crippen LogP contribution in [0.3, 0.4) is 0 Å². The molecule has 0 aliphatic rings. The monoisotopic (exact) mass is 866 g/mol. The summed E-state index contributed by atoms with van der Waals surface area (Å²) in [4.78, 5) is 0. The molecular weight excluding hydrogens is 792 g/mol. The van der Waals surface area contributed by atoms with Crippen LogP contribution >= 0.6 is 0 Å². The van der Waals surface area contributed by atoms with Crippen LogP contribution < -0.4 is 0 Å². The molecule has 0 amide bonds. The fourth-order valence-corrected chi connectivity index (χ4v) is 7.43. The summed E-state index contributed by atoms with van der Waals surface area (Å²) in [6.45, 7) is 44.3. The van der Waals surface area contributed by atoms with Gasteiger partial charge in [0.05, 0.1) is 0 Å². The maximum absolute atomic E-state index is 3.06. The number of fused-ring (bicyclic) bond motifs is 2. The van der Waals surface area contributed by atoms with E-state index in [-0.39, 0.29) is 36.5 Å². The van der Waals surface area contributed by atoms with E-state index in [2.05, 4.69) is 216 Å². The molecule has 0 spiro atoms. The second kappa shape index (κ2) is 19.3. The predicted molar refractivity (Wildman–Crippen MR) is 261 cm³/mol. The average Bonchev–Trinajstić information content (AvgIpc) is 3.67. The fraction of sp³-hybridized carbons (Fsp3) is 0.429. The second-order valence-corrected chi connectivity index (χ2v) is 21.1. The molecule has 0 bridgehead atoms. The van der Waals surface area contributed by atoms with Gasteiger partial charge in [0, 0.05) is 0 Å². The molecule has 312 valence electrons. The van der Waals surface area contributed by atoms with Crippen molar-refractivity contribution in [2.75, 3.05) is 0 Å². The van der Waals surface area contributed by atoms with Gasteiger partial charge in [0.15, 0.2) is 0 Å². The normalized spacial score (nSPS) is 12.1. The Morgan fingerprint density at radius 2 is 0.672 bits per heavy atom. The molecule has 2 radical (unpaired) electrons. The molecule has 6 aromatic rings. The van der Waals surface area contributed by atoms with Gasteiger partial charge < -0.3 is 14.9 Å². The average molecular weight is 869 g/mol. The SMILES string of the molecule is Cc1cc2c(-c3cc(C(C)(C)C)cc(C(C)(C)C)c3)cc(C(C)C)cc2[cH-]1.Cc1cc2c(-c3cc(C(C)(C)C)cc(C(C)(C)C)c3)cc(C(C)C)cc2[cH-]1.[CH3-].[CH3-].[Si]=[Zr]. The Morgan fingerprint density at radius 1 is 0.414 bits per heavy atom. The quantitative estimate of drug-likeness (QED) is 0.122. The number of hydrogen-bond donors (Lipinski definition) is 0. The summed E-state index contributed by atoms with van der Waals surface area (Å²) in [5.41, 5.74) is 17.2. The summed E-state index contributed by atoms with van der Waals surface area (Å²) >= 11 is 1.36. The number of benzene rings is 4. The minimum absolute atomic E-state index is 0. The molecule has 0 fully saturated rings. The van der Waals surface area contributed by atoms with Gasteiger partial charge in [-0.2, -0.15) is 12.1 Å². The molecule has 0 nitrogen and oxygen atoms in total. The van der Waals surface area contributed by atoms with Gasteiger partial charge in [0.1, 0.15) is 0 Å². The Balaban J connectivity index is 0.000000371. The van der Waals surface area contributed by atoms with Gasteiger partial charge in [-0.05, 0) is 66.9 Å². The third kappa shape index (κ3) is 12.2. The first kappa shape index (κ1) is 51.3. The molecule has 6 aromatic carbocycles. The maximum atomic E-state index is 3.06. The van der Waals surface area contributed by atoms with Crippen molar-refractivity contribution in [3.8, 4) is 22.3 Å². The molecular formula is C56H76SiZr-4. The van der Waals surface area contributed by atoms with Crippen molar-refractivity contribution >= 4 is 28.4 Å². The molecule has 2 heteroatoms. The predicted octanol–water partition coefficient (Wildman–Crippen LogP) is 17.0.